The molecule has 0 saturated heterocycles. The number of benzene rings is 3. The molecule has 7 nitrogen and oxygen atoms in total. The van der Waals surface area contributed by atoms with Gasteiger partial charge in [0.2, 0.25) is 5.75 Å². The molecule has 3 aromatic carbocycles. The van der Waals surface area contributed by atoms with Gasteiger partial charge in [-0.1, -0.05) is 43.3 Å². The van der Waals surface area contributed by atoms with E-state index >= 15 is 0 Å². The summed E-state index contributed by atoms with van der Waals surface area (Å²) in [6, 6.07) is 18.7. The average molecular weight is 464 g/mol. The van der Waals surface area contributed by atoms with Crippen molar-refractivity contribution in [1.29, 1.82) is 0 Å². The van der Waals surface area contributed by atoms with Gasteiger partial charge in [0.25, 0.3) is 5.91 Å². The number of carbonyl (C=O) groups is 1. The van der Waals surface area contributed by atoms with Gasteiger partial charge in [-0.3, -0.25) is 4.79 Å². The highest BCUT2D eigenvalue weighted by Crippen LogP contribution is 2.39. The molecule has 0 radical (unpaired) electrons. The molecule has 0 aliphatic carbocycles. The minimum atomic E-state index is -0.243. The molecule has 1 unspecified atom stereocenters. The van der Waals surface area contributed by atoms with Gasteiger partial charge in [-0.25, -0.2) is 0 Å². The SMILES string of the molecule is CCC(NC(=O)c1cc(OC)c(OCc2ccccc2)c(OC)c1)c1ccc2c(c1)OCCO2. The van der Waals surface area contributed by atoms with Gasteiger partial charge in [0.05, 0.1) is 20.3 Å². The Morgan fingerprint density at radius 1 is 0.941 bits per heavy atom. The van der Waals surface area contributed by atoms with Crippen LogP contribution in [-0.4, -0.2) is 33.3 Å². The van der Waals surface area contributed by atoms with Crippen molar-refractivity contribution >= 4 is 5.91 Å². The maximum absolute atomic E-state index is 13.2. The quantitative estimate of drug-likeness (QED) is 0.485. The average Bonchev–Trinajstić information content (AvgIpc) is 2.90. The molecule has 1 amide bonds. The highest BCUT2D eigenvalue weighted by atomic mass is 16.6. The third kappa shape index (κ3) is 5.20. The molecule has 178 valence electrons. The first-order valence-corrected chi connectivity index (χ1v) is 11.3. The summed E-state index contributed by atoms with van der Waals surface area (Å²) < 4.78 is 28.3. The van der Waals surface area contributed by atoms with Crippen molar-refractivity contribution in [2.24, 2.45) is 0 Å². The number of methoxy groups -OCH3 is 2. The first-order chi connectivity index (χ1) is 16.6. The first kappa shape index (κ1) is 23.3. The summed E-state index contributed by atoms with van der Waals surface area (Å²) in [5.41, 5.74) is 2.37. The van der Waals surface area contributed by atoms with Crippen LogP contribution in [0.4, 0.5) is 0 Å². The van der Waals surface area contributed by atoms with Crippen molar-refractivity contribution in [3.8, 4) is 28.7 Å². The number of fused-ring (bicyclic) bond motifs is 1. The summed E-state index contributed by atoms with van der Waals surface area (Å²) >= 11 is 0. The lowest BCUT2D eigenvalue weighted by Crippen LogP contribution is -2.28. The predicted molar refractivity (Wildman–Crippen MR) is 128 cm³/mol. The minimum Gasteiger partial charge on any atom is -0.493 e. The number of carbonyl (C=O) groups excluding carboxylic acids is 1. The Bertz CT molecular complexity index is 1110. The summed E-state index contributed by atoms with van der Waals surface area (Å²) in [7, 11) is 3.08. The minimum absolute atomic E-state index is 0.200. The number of nitrogens with one attached hydrogen (secondary N) is 1. The molecule has 1 aliphatic heterocycles. The highest BCUT2D eigenvalue weighted by molar-refractivity contribution is 5.96. The van der Waals surface area contributed by atoms with Gasteiger partial charge in [0.15, 0.2) is 23.0 Å². The highest BCUT2D eigenvalue weighted by Gasteiger charge is 2.21. The van der Waals surface area contributed by atoms with Crippen molar-refractivity contribution in [3.05, 3.63) is 77.4 Å². The molecule has 0 bridgehead atoms. The van der Waals surface area contributed by atoms with Gasteiger partial charge in [0, 0.05) is 5.56 Å². The Morgan fingerprint density at radius 2 is 1.62 bits per heavy atom. The van der Waals surface area contributed by atoms with Crippen molar-refractivity contribution in [2.75, 3.05) is 27.4 Å². The lowest BCUT2D eigenvalue weighted by molar-refractivity contribution is 0.0934. The second kappa shape index (κ2) is 10.8. The molecule has 1 N–H and O–H groups in total. The topological polar surface area (TPSA) is 75.3 Å². The van der Waals surface area contributed by atoms with Gasteiger partial charge in [-0.2, -0.15) is 0 Å². The molecule has 4 rings (SSSR count). The van der Waals surface area contributed by atoms with E-state index in [0.717, 1.165) is 16.9 Å². The summed E-state index contributed by atoms with van der Waals surface area (Å²) in [6.07, 6.45) is 0.706. The van der Waals surface area contributed by atoms with Gasteiger partial charge in [-0.15, -0.1) is 0 Å². The van der Waals surface area contributed by atoms with E-state index in [9.17, 15) is 4.79 Å². The Hall–Kier alpha value is -3.87. The molecule has 0 fully saturated rings. The largest absolute Gasteiger partial charge is 0.493 e. The van der Waals surface area contributed by atoms with Crippen LogP contribution in [0.3, 0.4) is 0 Å². The Kier molecular flexibility index (Phi) is 7.42. The molecular weight excluding hydrogens is 434 g/mol. The maximum Gasteiger partial charge on any atom is 0.252 e. The normalized spacial score (nSPS) is 13.0. The molecule has 0 saturated carbocycles. The Balaban J connectivity index is 1.53. The maximum atomic E-state index is 13.2. The number of rotatable bonds is 9. The van der Waals surface area contributed by atoms with E-state index < -0.39 is 0 Å². The van der Waals surface area contributed by atoms with E-state index in [2.05, 4.69) is 5.32 Å². The van der Waals surface area contributed by atoms with Gasteiger partial charge >= 0.3 is 0 Å². The molecule has 0 spiro atoms. The molecule has 34 heavy (non-hydrogen) atoms. The fourth-order valence-corrected chi connectivity index (χ4v) is 3.82. The number of hydrogen-bond donors (Lipinski definition) is 1. The number of hydrogen-bond acceptors (Lipinski definition) is 6. The van der Waals surface area contributed by atoms with Gasteiger partial charge in [-0.05, 0) is 41.8 Å². The Morgan fingerprint density at radius 3 is 2.26 bits per heavy atom. The van der Waals surface area contributed by atoms with Crippen LogP contribution in [0.1, 0.15) is 40.9 Å². The zero-order chi connectivity index (χ0) is 23.9. The summed E-state index contributed by atoms with van der Waals surface area (Å²) in [6.45, 7) is 3.41. The van der Waals surface area contributed by atoms with Crippen LogP contribution in [-0.2, 0) is 6.61 Å². The van der Waals surface area contributed by atoms with Crippen LogP contribution >= 0.6 is 0 Å². The first-order valence-electron chi connectivity index (χ1n) is 11.3. The van der Waals surface area contributed by atoms with Crippen molar-refractivity contribution in [1.82, 2.24) is 5.32 Å². The van der Waals surface area contributed by atoms with E-state index in [1.54, 1.807) is 12.1 Å². The lowest BCUT2D eigenvalue weighted by Gasteiger charge is -2.22. The van der Waals surface area contributed by atoms with E-state index in [1.165, 1.54) is 14.2 Å². The zero-order valence-electron chi connectivity index (χ0n) is 19.6. The molecule has 0 aromatic heterocycles. The summed E-state index contributed by atoms with van der Waals surface area (Å²) in [4.78, 5) is 13.2. The molecule has 1 aliphatic rings. The van der Waals surface area contributed by atoms with Crippen LogP contribution in [0.25, 0.3) is 0 Å². The van der Waals surface area contributed by atoms with Crippen molar-refractivity contribution < 1.29 is 28.5 Å². The summed E-state index contributed by atoms with van der Waals surface area (Å²) in [5, 5.41) is 3.10. The van der Waals surface area contributed by atoms with Gasteiger partial charge in [0.1, 0.15) is 19.8 Å². The number of amides is 1. The molecular formula is C27H29NO6. The Labute approximate surface area is 199 Å². The second-order valence-electron chi connectivity index (χ2n) is 7.82. The fourth-order valence-electron chi connectivity index (χ4n) is 3.82. The molecule has 3 aromatic rings. The third-order valence-electron chi connectivity index (χ3n) is 5.63. The molecule has 1 atom stereocenters. The third-order valence-corrected chi connectivity index (χ3v) is 5.63. The van der Waals surface area contributed by atoms with E-state index in [4.69, 9.17) is 23.7 Å². The summed E-state index contributed by atoms with van der Waals surface area (Å²) in [5.74, 6) is 2.47. The zero-order valence-corrected chi connectivity index (χ0v) is 19.6. The van der Waals surface area contributed by atoms with Crippen LogP contribution in [0, 0.1) is 0 Å². The van der Waals surface area contributed by atoms with Crippen LogP contribution < -0.4 is 29.0 Å². The van der Waals surface area contributed by atoms with E-state index in [0.29, 0.717) is 54.8 Å². The van der Waals surface area contributed by atoms with Crippen molar-refractivity contribution in [3.63, 3.8) is 0 Å². The van der Waals surface area contributed by atoms with E-state index in [-0.39, 0.29) is 11.9 Å². The lowest BCUT2D eigenvalue weighted by atomic mass is 10.0. The monoisotopic (exact) mass is 463 g/mol. The van der Waals surface area contributed by atoms with Gasteiger partial charge < -0.3 is 29.0 Å². The number of ether oxygens (including phenoxy) is 5. The van der Waals surface area contributed by atoms with Crippen LogP contribution in [0.15, 0.2) is 60.7 Å². The predicted octanol–water partition coefficient (Wildman–Crippen LogP) is 4.94. The smallest absolute Gasteiger partial charge is 0.252 e. The van der Waals surface area contributed by atoms with E-state index in [1.807, 2.05) is 55.5 Å². The van der Waals surface area contributed by atoms with Crippen LogP contribution in [0.2, 0.25) is 0 Å². The van der Waals surface area contributed by atoms with Crippen molar-refractivity contribution in [2.45, 2.75) is 26.0 Å². The standard InChI is InChI=1S/C27H29NO6/c1-4-21(19-10-11-22-23(14-19)33-13-12-32-22)28-27(29)20-15-24(30-2)26(25(16-20)31-3)34-17-18-8-6-5-7-9-18/h5-11,14-16,21H,4,12-13,17H2,1-3H3,(H,28,29). The molecule has 7 heteroatoms. The second-order valence-corrected chi connectivity index (χ2v) is 7.82. The molecule has 1 heterocycles. The fraction of sp³-hybridized carbons (Fsp3) is 0.296. The van der Waals surface area contributed by atoms with Crippen LogP contribution in [0.5, 0.6) is 28.7 Å².